The summed E-state index contributed by atoms with van der Waals surface area (Å²) in [6, 6.07) is 5.07. The average Bonchev–Trinajstić information content (AvgIpc) is 2.45. The Morgan fingerprint density at radius 2 is 1.96 bits per heavy atom. The third-order valence-electron chi connectivity index (χ3n) is 3.43. The quantitative estimate of drug-likeness (QED) is 0.848. The second kappa shape index (κ2) is 7.81. The summed E-state index contributed by atoms with van der Waals surface area (Å²) in [6.07, 6.45) is 0. The Balaban J connectivity index is 2.78. The van der Waals surface area contributed by atoms with Gasteiger partial charge < -0.3 is 15.0 Å². The number of nitrogens with one attached hydrogen (secondary N) is 1. The Hall–Kier alpha value is -1.56. The van der Waals surface area contributed by atoms with Crippen molar-refractivity contribution < 1.29 is 14.3 Å². The van der Waals surface area contributed by atoms with Gasteiger partial charge in [0.05, 0.1) is 7.11 Å². The Labute approximate surface area is 146 Å². The molecule has 1 atom stereocenters. The van der Waals surface area contributed by atoms with Gasteiger partial charge in [0.2, 0.25) is 11.8 Å². The first-order chi connectivity index (χ1) is 10.6. The molecule has 5 nitrogen and oxygen atoms in total. The molecule has 1 aromatic carbocycles. The number of carbonyl (C=O) groups excluding carboxylic acids is 2. The minimum absolute atomic E-state index is 0.146. The molecule has 6 heteroatoms. The maximum Gasteiger partial charge on any atom is 0.244 e. The van der Waals surface area contributed by atoms with Crippen molar-refractivity contribution in [2.24, 2.45) is 5.41 Å². The van der Waals surface area contributed by atoms with E-state index < -0.39 is 11.5 Å². The normalized spacial score (nSPS) is 12.5. The fraction of sp³-hybridized carbons (Fsp3) is 0.529. The highest BCUT2D eigenvalue weighted by Gasteiger charge is 2.26. The molecule has 0 saturated carbocycles. The van der Waals surface area contributed by atoms with E-state index in [-0.39, 0.29) is 11.8 Å². The molecule has 1 N–H and O–H groups in total. The van der Waals surface area contributed by atoms with Gasteiger partial charge >= 0.3 is 0 Å². The van der Waals surface area contributed by atoms with Crippen molar-refractivity contribution in [2.75, 3.05) is 14.2 Å². The SMILES string of the molecule is COc1ccc(Br)cc1CN(C)C(=O)[C@H](C)NC(=O)C(C)(C)C. The molecule has 2 amide bonds. The van der Waals surface area contributed by atoms with Gasteiger partial charge in [-0.1, -0.05) is 36.7 Å². The van der Waals surface area contributed by atoms with E-state index in [0.717, 1.165) is 15.8 Å². The van der Waals surface area contributed by atoms with Crippen LogP contribution >= 0.6 is 15.9 Å². The highest BCUT2D eigenvalue weighted by atomic mass is 79.9. The first-order valence-electron chi connectivity index (χ1n) is 7.44. The average molecular weight is 385 g/mol. The van der Waals surface area contributed by atoms with E-state index in [1.807, 2.05) is 39.0 Å². The van der Waals surface area contributed by atoms with Crippen LogP contribution in [0.5, 0.6) is 5.75 Å². The maximum atomic E-state index is 12.5. The van der Waals surface area contributed by atoms with Crippen LogP contribution in [0, 0.1) is 5.41 Å². The molecule has 128 valence electrons. The van der Waals surface area contributed by atoms with Crippen molar-refractivity contribution in [3.05, 3.63) is 28.2 Å². The molecule has 0 aliphatic heterocycles. The van der Waals surface area contributed by atoms with Crippen LogP contribution < -0.4 is 10.1 Å². The Kier molecular flexibility index (Phi) is 6.62. The zero-order valence-electron chi connectivity index (χ0n) is 14.6. The van der Waals surface area contributed by atoms with Crippen LogP contribution in [0.25, 0.3) is 0 Å². The Morgan fingerprint density at radius 3 is 2.48 bits per heavy atom. The lowest BCUT2D eigenvalue weighted by Crippen LogP contribution is -2.48. The summed E-state index contributed by atoms with van der Waals surface area (Å²) in [5.74, 6) is 0.427. The highest BCUT2D eigenvalue weighted by Crippen LogP contribution is 2.24. The van der Waals surface area contributed by atoms with E-state index in [0.29, 0.717) is 6.54 Å². The van der Waals surface area contributed by atoms with Crippen molar-refractivity contribution in [3.8, 4) is 5.75 Å². The molecule has 1 aromatic rings. The topological polar surface area (TPSA) is 58.6 Å². The van der Waals surface area contributed by atoms with Gasteiger partial charge in [-0.3, -0.25) is 9.59 Å². The lowest BCUT2D eigenvalue weighted by Gasteiger charge is -2.25. The molecule has 0 aliphatic rings. The second-order valence-corrected chi connectivity index (χ2v) is 7.51. The molecule has 23 heavy (non-hydrogen) atoms. The van der Waals surface area contributed by atoms with Gasteiger partial charge in [0.25, 0.3) is 0 Å². The maximum absolute atomic E-state index is 12.5. The largest absolute Gasteiger partial charge is 0.496 e. The number of benzene rings is 1. The van der Waals surface area contributed by atoms with Gasteiger partial charge in [-0.25, -0.2) is 0 Å². The van der Waals surface area contributed by atoms with E-state index in [1.165, 1.54) is 0 Å². The van der Waals surface area contributed by atoms with Crippen molar-refractivity contribution in [2.45, 2.75) is 40.3 Å². The molecule has 0 heterocycles. The van der Waals surface area contributed by atoms with Crippen molar-refractivity contribution >= 4 is 27.7 Å². The summed E-state index contributed by atoms with van der Waals surface area (Å²) >= 11 is 3.42. The predicted molar refractivity (Wildman–Crippen MR) is 94.2 cm³/mol. The first kappa shape index (κ1) is 19.5. The molecule has 0 spiro atoms. The summed E-state index contributed by atoms with van der Waals surface area (Å²) in [6.45, 7) is 7.54. The zero-order valence-corrected chi connectivity index (χ0v) is 16.2. The van der Waals surface area contributed by atoms with Gasteiger partial charge in [0, 0.05) is 29.0 Å². The van der Waals surface area contributed by atoms with E-state index in [9.17, 15) is 9.59 Å². The summed E-state index contributed by atoms with van der Waals surface area (Å²) in [7, 11) is 3.31. The number of nitrogens with zero attached hydrogens (tertiary/aromatic N) is 1. The van der Waals surface area contributed by atoms with Crippen molar-refractivity contribution in [1.29, 1.82) is 0 Å². The van der Waals surface area contributed by atoms with Crippen LogP contribution in [0.15, 0.2) is 22.7 Å². The van der Waals surface area contributed by atoms with Crippen molar-refractivity contribution in [3.63, 3.8) is 0 Å². The van der Waals surface area contributed by atoms with Gasteiger partial charge in [-0.05, 0) is 25.1 Å². The minimum atomic E-state index is -0.579. The van der Waals surface area contributed by atoms with E-state index in [4.69, 9.17) is 4.74 Å². The van der Waals surface area contributed by atoms with Gasteiger partial charge in [-0.2, -0.15) is 0 Å². The van der Waals surface area contributed by atoms with Crippen molar-refractivity contribution in [1.82, 2.24) is 10.2 Å². The van der Waals surface area contributed by atoms with E-state index in [2.05, 4.69) is 21.2 Å². The standard InChI is InChI=1S/C17H25BrN2O3/c1-11(19-16(22)17(2,3)4)15(21)20(5)10-12-9-13(18)7-8-14(12)23-6/h7-9,11H,10H2,1-6H3,(H,19,22)/t11-/m0/s1. The number of methoxy groups -OCH3 is 1. The predicted octanol–water partition coefficient (Wildman–Crippen LogP) is 2.97. The smallest absolute Gasteiger partial charge is 0.244 e. The molecule has 1 rings (SSSR count). The molecule has 0 fully saturated rings. The summed E-state index contributed by atoms with van der Waals surface area (Å²) in [4.78, 5) is 26.0. The molecule has 0 aliphatic carbocycles. The fourth-order valence-electron chi connectivity index (χ4n) is 2.01. The van der Waals surface area contributed by atoms with Gasteiger partial charge in [0.1, 0.15) is 11.8 Å². The number of ether oxygens (including phenoxy) is 1. The highest BCUT2D eigenvalue weighted by molar-refractivity contribution is 9.10. The molecular formula is C17H25BrN2O3. The number of hydrogen-bond acceptors (Lipinski definition) is 3. The fourth-order valence-corrected chi connectivity index (χ4v) is 2.42. The van der Waals surface area contributed by atoms with E-state index >= 15 is 0 Å². The number of halogens is 1. The Bertz CT molecular complexity index is 582. The molecular weight excluding hydrogens is 360 g/mol. The minimum Gasteiger partial charge on any atom is -0.496 e. The summed E-state index contributed by atoms with van der Waals surface area (Å²) in [5.41, 5.74) is 0.368. The molecule has 0 aromatic heterocycles. The molecule has 0 bridgehead atoms. The lowest BCUT2D eigenvalue weighted by molar-refractivity contribution is -0.137. The van der Waals surface area contributed by atoms with Crippen LogP contribution in [0.2, 0.25) is 0 Å². The number of rotatable bonds is 5. The Morgan fingerprint density at radius 1 is 1.35 bits per heavy atom. The van der Waals surface area contributed by atoms with Crippen LogP contribution in [0.3, 0.4) is 0 Å². The van der Waals surface area contributed by atoms with Crippen LogP contribution in [0.1, 0.15) is 33.3 Å². The molecule has 0 unspecified atom stereocenters. The van der Waals surface area contributed by atoms with Crippen LogP contribution in [0.4, 0.5) is 0 Å². The van der Waals surface area contributed by atoms with Crippen LogP contribution in [-0.4, -0.2) is 36.9 Å². The van der Waals surface area contributed by atoms with Crippen LogP contribution in [-0.2, 0) is 16.1 Å². The van der Waals surface area contributed by atoms with E-state index in [1.54, 1.807) is 26.0 Å². The summed E-state index contributed by atoms with van der Waals surface area (Å²) < 4.78 is 6.24. The number of amides is 2. The number of carbonyl (C=O) groups is 2. The number of hydrogen-bond donors (Lipinski definition) is 1. The first-order valence-corrected chi connectivity index (χ1v) is 8.24. The molecule has 0 saturated heterocycles. The monoisotopic (exact) mass is 384 g/mol. The third-order valence-corrected chi connectivity index (χ3v) is 3.92. The lowest BCUT2D eigenvalue weighted by atomic mass is 9.95. The second-order valence-electron chi connectivity index (χ2n) is 6.60. The third kappa shape index (κ3) is 5.53. The van der Waals surface area contributed by atoms with Gasteiger partial charge in [-0.15, -0.1) is 0 Å². The van der Waals surface area contributed by atoms with Gasteiger partial charge in [0.15, 0.2) is 0 Å². The number of likely N-dealkylation sites (N-methyl/N-ethyl adjacent to an activating group) is 1. The molecule has 0 radical (unpaired) electrons. The zero-order chi connectivity index (χ0) is 17.8. The summed E-state index contributed by atoms with van der Waals surface area (Å²) in [5, 5.41) is 2.76.